The van der Waals surface area contributed by atoms with Gasteiger partial charge in [0.05, 0.1) is 6.04 Å². The molecule has 0 bridgehead atoms. The Hall–Kier alpha value is -1.35. The number of amides is 1. The second-order valence-electron chi connectivity index (χ2n) is 5.97. The van der Waals surface area contributed by atoms with E-state index >= 15 is 0 Å². The van der Waals surface area contributed by atoms with Gasteiger partial charge in [-0.3, -0.25) is 4.79 Å². The molecule has 0 spiro atoms. The van der Waals surface area contributed by atoms with Gasteiger partial charge in [0.15, 0.2) is 0 Å². The standard InChI is InChI=1S/C17H26N2O/c1-13-7-9-16(10-8-13)19-17(20)14(2)18-12-11-15-5-3-4-6-15/h7-10,14-15,18H,3-6,11-12H2,1-2H3,(H,19,20). The van der Waals surface area contributed by atoms with E-state index in [1.54, 1.807) is 0 Å². The highest BCUT2D eigenvalue weighted by molar-refractivity contribution is 5.94. The summed E-state index contributed by atoms with van der Waals surface area (Å²) in [6, 6.07) is 7.76. The Labute approximate surface area is 122 Å². The number of carbonyl (C=O) groups excluding carboxylic acids is 1. The summed E-state index contributed by atoms with van der Waals surface area (Å²) in [6.45, 7) is 4.91. The monoisotopic (exact) mass is 274 g/mol. The van der Waals surface area contributed by atoms with Crippen LogP contribution in [0.2, 0.25) is 0 Å². The molecule has 3 heteroatoms. The molecular formula is C17H26N2O. The Morgan fingerprint density at radius 3 is 2.55 bits per heavy atom. The zero-order chi connectivity index (χ0) is 14.4. The fourth-order valence-electron chi connectivity index (χ4n) is 2.78. The lowest BCUT2D eigenvalue weighted by atomic mass is 10.0. The molecular weight excluding hydrogens is 248 g/mol. The Morgan fingerprint density at radius 2 is 1.90 bits per heavy atom. The molecule has 20 heavy (non-hydrogen) atoms. The number of aryl methyl sites for hydroxylation is 1. The van der Waals surface area contributed by atoms with E-state index in [1.807, 2.05) is 38.1 Å². The summed E-state index contributed by atoms with van der Waals surface area (Å²) in [5, 5.41) is 6.27. The van der Waals surface area contributed by atoms with Gasteiger partial charge in [0.1, 0.15) is 0 Å². The van der Waals surface area contributed by atoms with Gasteiger partial charge in [0.2, 0.25) is 5.91 Å². The van der Waals surface area contributed by atoms with Crippen molar-refractivity contribution in [1.29, 1.82) is 0 Å². The van der Waals surface area contributed by atoms with Crippen LogP contribution < -0.4 is 10.6 Å². The van der Waals surface area contributed by atoms with Crippen LogP contribution >= 0.6 is 0 Å². The largest absolute Gasteiger partial charge is 0.325 e. The first kappa shape index (κ1) is 15.0. The summed E-state index contributed by atoms with van der Waals surface area (Å²) in [5.41, 5.74) is 2.07. The number of carbonyl (C=O) groups is 1. The minimum atomic E-state index is -0.141. The van der Waals surface area contributed by atoms with E-state index in [1.165, 1.54) is 37.7 Å². The Morgan fingerprint density at radius 1 is 1.25 bits per heavy atom. The highest BCUT2D eigenvalue weighted by atomic mass is 16.2. The Bertz CT molecular complexity index is 421. The first-order valence-corrected chi connectivity index (χ1v) is 7.76. The van der Waals surface area contributed by atoms with Gasteiger partial charge < -0.3 is 10.6 Å². The van der Waals surface area contributed by atoms with Crippen molar-refractivity contribution in [2.45, 2.75) is 52.0 Å². The zero-order valence-electron chi connectivity index (χ0n) is 12.6. The van der Waals surface area contributed by atoms with E-state index in [0.29, 0.717) is 0 Å². The van der Waals surface area contributed by atoms with Crippen LogP contribution in [-0.2, 0) is 4.79 Å². The minimum Gasteiger partial charge on any atom is -0.325 e. The smallest absolute Gasteiger partial charge is 0.241 e. The number of hydrogen-bond acceptors (Lipinski definition) is 2. The van der Waals surface area contributed by atoms with E-state index in [2.05, 4.69) is 10.6 Å². The molecule has 0 heterocycles. The van der Waals surface area contributed by atoms with Crippen molar-refractivity contribution in [2.24, 2.45) is 5.92 Å². The van der Waals surface area contributed by atoms with Gasteiger partial charge in [-0.2, -0.15) is 0 Å². The summed E-state index contributed by atoms with van der Waals surface area (Å²) < 4.78 is 0. The Balaban J connectivity index is 1.69. The van der Waals surface area contributed by atoms with Crippen molar-refractivity contribution in [1.82, 2.24) is 5.32 Å². The maximum Gasteiger partial charge on any atom is 0.241 e. The molecule has 2 rings (SSSR count). The first-order chi connectivity index (χ1) is 9.65. The molecule has 3 nitrogen and oxygen atoms in total. The van der Waals surface area contributed by atoms with Gasteiger partial charge in [-0.25, -0.2) is 0 Å². The Kier molecular flexibility index (Phi) is 5.60. The summed E-state index contributed by atoms with van der Waals surface area (Å²) in [6.07, 6.45) is 6.70. The molecule has 1 saturated carbocycles. The molecule has 1 unspecified atom stereocenters. The van der Waals surface area contributed by atoms with E-state index in [0.717, 1.165) is 18.2 Å². The number of hydrogen-bond donors (Lipinski definition) is 2. The third kappa shape index (κ3) is 4.64. The fourth-order valence-corrected chi connectivity index (χ4v) is 2.78. The molecule has 1 amide bonds. The van der Waals surface area contributed by atoms with Crippen molar-refractivity contribution < 1.29 is 4.79 Å². The van der Waals surface area contributed by atoms with Crippen molar-refractivity contribution in [3.8, 4) is 0 Å². The number of rotatable bonds is 6. The second-order valence-corrected chi connectivity index (χ2v) is 5.97. The van der Waals surface area contributed by atoms with Crippen molar-refractivity contribution >= 4 is 11.6 Å². The molecule has 0 aromatic heterocycles. The van der Waals surface area contributed by atoms with Gasteiger partial charge in [-0.1, -0.05) is 43.4 Å². The van der Waals surface area contributed by atoms with Gasteiger partial charge in [-0.15, -0.1) is 0 Å². The van der Waals surface area contributed by atoms with Crippen LogP contribution in [0.5, 0.6) is 0 Å². The van der Waals surface area contributed by atoms with Crippen molar-refractivity contribution in [2.75, 3.05) is 11.9 Å². The average molecular weight is 274 g/mol. The molecule has 110 valence electrons. The third-order valence-corrected chi connectivity index (χ3v) is 4.19. The lowest BCUT2D eigenvalue weighted by Crippen LogP contribution is -2.38. The molecule has 0 saturated heterocycles. The van der Waals surface area contributed by atoms with Gasteiger partial charge in [0.25, 0.3) is 0 Å². The van der Waals surface area contributed by atoms with E-state index in [4.69, 9.17) is 0 Å². The predicted molar refractivity (Wildman–Crippen MR) is 83.8 cm³/mol. The normalized spacial score (nSPS) is 17.1. The van der Waals surface area contributed by atoms with Crippen molar-refractivity contribution in [3.05, 3.63) is 29.8 Å². The molecule has 1 aromatic carbocycles. The minimum absolute atomic E-state index is 0.0419. The first-order valence-electron chi connectivity index (χ1n) is 7.76. The summed E-state index contributed by atoms with van der Waals surface area (Å²) in [5.74, 6) is 0.912. The molecule has 0 aliphatic heterocycles. The third-order valence-electron chi connectivity index (χ3n) is 4.19. The lowest BCUT2D eigenvalue weighted by Gasteiger charge is -2.16. The molecule has 0 radical (unpaired) electrons. The highest BCUT2D eigenvalue weighted by Crippen LogP contribution is 2.26. The highest BCUT2D eigenvalue weighted by Gasteiger charge is 2.16. The van der Waals surface area contributed by atoms with Crippen LogP contribution in [0.1, 0.15) is 44.6 Å². The summed E-state index contributed by atoms with van der Waals surface area (Å²) in [7, 11) is 0. The molecule has 1 aromatic rings. The number of nitrogens with one attached hydrogen (secondary N) is 2. The average Bonchev–Trinajstić information content (AvgIpc) is 2.94. The molecule has 1 fully saturated rings. The van der Waals surface area contributed by atoms with Crippen molar-refractivity contribution in [3.63, 3.8) is 0 Å². The molecule has 1 aliphatic carbocycles. The maximum absolute atomic E-state index is 12.1. The van der Waals surface area contributed by atoms with E-state index < -0.39 is 0 Å². The van der Waals surface area contributed by atoms with Crippen LogP contribution in [0, 0.1) is 12.8 Å². The SMILES string of the molecule is Cc1ccc(NC(=O)C(C)NCCC2CCCC2)cc1. The van der Waals surface area contributed by atoms with Gasteiger partial charge in [-0.05, 0) is 44.9 Å². The van der Waals surface area contributed by atoms with Crippen LogP contribution in [0.15, 0.2) is 24.3 Å². The summed E-state index contributed by atoms with van der Waals surface area (Å²) >= 11 is 0. The van der Waals surface area contributed by atoms with Gasteiger partial charge >= 0.3 is 0 Å². The lowest BCUT2D eigenvalue weighted by molar-refractivity contribution is -0.117. The molecule has 1 aliphatic rings. The van der Waals surface area contributed by atoms with Crippen LogP contribution in [0.25, 0.3) is 0 Å². The fraction of sp³-hybridized carbons (Fsp3) is 0.588. The quantitative estimate of drug-likeness (QED) is 0.833. The van der Waals surface area contributed by atoms with Crippen LogP contribution in [0.3, 0.4) is 0 Å². The topological polar surface area (TPSA) is 41.1 Å². The van der Waals surface area contributed by atoms with Crippen LogP contribution in [0.4, 0.5) is 5.69 Å². The zero-order valence-corrected chi connectivity index (χ0v) is 12.6. The van der Waals surface area contributed by atoms with E-state index in [-0.39, 0.29) is 11.9 Å². The molecule has 1 atom stereocenters. The predicted octanol–water partition coefficient (Wildman–Crippen LogP) is 3.49. The van der Waals surface area contributed by atoms with Crippen LogP contribution in [-0.4, -0.2) is 18.5 Å². The summed E-state index contributed by atoms with van der Waals surface area (Å²) in [4.78, 5) is 12.1. The van der Waals surface area contributed by atoms with E-state index in [9.17, 15) is 4.79 Å². The number of anilines is 1. The molecule has 2 N–H and O–H groups in total. The maximum atomic E-state index is 12.1. The van der Waals surface area contributed by atoms with Gasteiger partial charge in [0, 0.05) is 5.69 Å². The second kappa shape index (κ2) is 7.44. The number of benzene rings is 1.